The molecule has 0 aliphatic heterocycles. The maximum Gasteiger partial charge on any atom is 0.471 e. The highest BCUT2D eigenvalue weighted by Crippen LogP contribution is 2.23. The highest BCUT2D eigenvalue weighted by molar-refractivity contribution is 6.31. The van der Waals surface area contributed by atoms with E-state index in [1.165, 1.54) is 11.5 Å². The number of fused-ring (bicyclic) bond motifs is 1. The van der Waals surface area contributed by atoms with Gasteiger partial charge in [-0.25, -0.2) is 4.79 Å². The molecular formula is C13H10ClF3N2O3. The van der Waals surface area contributed by atoms with Crippen LogP contribution in [0.2, 0.25) is 5.02 Å². The Hall–Kier alpha value is -2.22. The number of amides is 1. The van der Waals surface area contributed by atoms with E-state index in [0.29, 0.717) is 21.5 Å². The summed E-state index contributed by atoms with van der Waals surface area (Å²) in [7, 11) is 0. The van der Waals surface area contributed by atoms with Gasteiger partial charge < -0.3 is 15.4 Å². The van der Waals surface area contributed by atoms with E-state index in [2.05, 4.69) is 4.98 Å². The first-order valence-corrected chi connectivity index (χ1v) is 6.42. The lowest BCUT2D eigenvalue weighted by molar-refractivity contribution is -0.175. The minimum atomic E-state index is -5.14. The van der Waals surface area contributed by atoms with Crippen LogP contribution in [0.25, 0.3) is 10.9 Å². The average Bonchev–Trinajstić information content (AvgIpc) is 2.78. The molecule has 0 aliphatic rings. The minimum absolute atomic E-state index is 0.293. The first kappa shape index (κ1) is 16.2. The zero-order valence-electron chi connectivity index (χ0n) is 10.9. The predicted molar refractivity (Wildman–Crippen MR) is 72.6 cm³/mol. The van der Waals surface area contributed by atoms with E-state index < -0.39 is 24.1 Å². The molecule has 1 unspecified atom stereocenters. The summed E-state index contributed by atoms with van der Waals surface area (Å²) in [6.45, 7) is 0. The first-order valence-electron chi connectivity index (χ1n) is 6.04. The van der Waals surface area contributed by atoms with Crippen molar-refractivity contribution in [3.05, 3.63) is 35.0 Å². The Labute approximate surface area is 127 Å². The highest BCUT2D eigenvalue weighted by atomic mass is 35.5. The zero-order valence-corrected chi connectivity index (χ0v) is 11.6. The van der Waals surface area contributed by atoms with E-state index in [4.69, 9.17) is 16.7 Å². The molecule has 1 heterocycles. The standard InChI is InChI=1S/C13H10ClF3N2O3/c14-7-1-2-8-6(5-18-9(8)4-7)3-10(11(20)21)19-12(22)13(15,16)17/h1-2,4-5,10,18H,3H2,(H,19,22)(H,20,21). The molecule has 0 saturated heterocycles. The number of carboxylic acids is 1. The maximum atomic E-state index is 12.2. The summed E-state index contributed by atoms with van der Waals surface area (Å²) in [5.41, 5.74) is 1.08. The lowest BCUT2D eigenvalue weighted by atomic mass is 10.0. The van der Waals surface area contributed by atoms with Crippen LogP contribution in [-0.4, -0.2) is 34.2 Å². The van der Waals surface area contributed by atoms with Gasteiger partial charge in [0, 0.05) is 28.5 Å². The second-order valence-electron chi connectivity index (χ2n) is 4.57. The summed E-state index contributed by atoms with van der Waals surface area (Å²) < 4.78 is 36.7. The fourth-order valence-corrected chi connectivity index (χ4v) is 2.16. The van der Waals surface area contributed by atoms with Crippen LogP contribution in [0.5, 0.6) is 0 Å². The number of carboxylic acid groups (broad SMARTS) is 1. The van der Waals surface area contributed by atoms with Crippen LogP contribution < -0.4 is 5.32 Å². The number of carbonyl (C=O) groups excluding carboxylic acids is 1. The molecule has 1 amide bonds. The van der Waals surface area contributed by atoms with Crippen LogP contribution in [-0.2, 0) is 16.0 Å². The van der Waals surface area contributed by atoms with Crippen molar-refractivity contribution in [2.45, 2.75) is 18.6 Å². The second kappa shape index (κ2) is 5.88. The summed E-state index contributed by atoms with van der Waals surface area (Å²) >= 11 is 5.81. The number of hydrogen-bond donors (Lipinski definition) is 3. The molecule has 1 aromatic heterocycles. The van der Waals surface area contributed by atoms with Crippen molar-refractivity contribution in [3.63, 3.8) is 0 Å². The normalized spacial score (nSPS) is 13.1. The van der Waals surface area contributed by atoms with Crippen molar-refractivity contribution in [2.24, 2.45) is 0 Å². The number of alkyl halides is 3. The average molecular weight is 335 g/mol. The van der Waals surface area contributed by atoms with Gasteiger partial charge in [-0.2, -0.15) is 13.2 Å². The molecule has 0 aliphatic carbocycles. The molecule has 1 aromatic carbocycles. The number of H-pyrrole nitrogens is 1. The van der Waals surface area contributed by atoms with Crippen LogP contribution in [0, 0.1) is 0 Å². The lowest BCUT2D eigenvalue weighted by Crippen LogP contribution is -2.47. The molecule has 0 bridgehead atoms. The molecule has 9 heteroatoms. The largest absolute Gasteiger partial charge is 0.480 e. The van der Waals surface area contributed by atoms with Gasteiger partial charge in [0.25, 0.3) is 0 Å². The number of aliphatic carboxylic acids is 1. The second-order valence-corrected chi connectivity index (χ2v) is 5.01. The van der Waals surface area contributed by atoms with Gasteiger partial charge in [-0.05, 0) is 17.7 Å². The number of halogens is 4. The third kappa shape index (κ3) is 3.51. The van der Waals surface area contributed by atoms with Gasteiger partial charge in [0.2, 0.25) is 0 Å². The molecule has 3 N–H and O–H groups in total. The number of aromatic nitrogens is 1. The SMILES string of the molecule is O=C(O)C(Cc1c[nH]c2cc(Cl)ccc12)NC(=O)C(F)(F)F. The van der Waals surface area contributed by atoms with E-state index in [9.17, 15) is 22.8 Å². The van der Waals surface area contributed by atoms with Crippen LogP contribution in [0.1, 0.15) is 5.56 Å². The molecule has 2 aromatic rings. The van der Waals surface area contributed by atoms with Gasteiger partial charge >= 0.3 is 18.1 Å². The van der Waals surface area contributed by atoms with Crippen molar-refractivity contribution in [1.29, 1.82) is 0 Å². The molecule has 118 valence electrons. The molecule has 22 heavy (non-hydrogen) atoms. The Morgan fingerprint density at radius 1 is 1.36 bits per heavy atom. The quantitative estimate of drug-likeness (QED) is 0.803. The van der Waals surface area contributed by atoms with Crippen molar-refractivity contribution in [2.75, 3.05) is 0 Å². The van der Waals surface area contributed by atoms with Crippen LogP contribution in [0.4, 0.5) is 13.2 Å². The Balaban J connectivity index is 2.23. The van der Waals surface area contributed by atoms with Gasteiger partial charge in [0.05, 0.1) is 0 Å². The first-order chi connectivity index (χ1) is 10.2. The predicted octanol–water partition coefficient (Wildman–Crippen LogP) is 2.50. The Morgan fingerprint density at radius 2 is 2.05 bits per heavy atom. The number of aromatic amines is 1. The number of carbonyl (C=O) groups is 2. The van der Waals surface area contributed by atoms with E-state index in [1.54, 1.807) is 18.2 Å². The van der Waals surface area contributed by atoms with Crippen LogP contribution >= 0.6 is 11.6 Å². The number of benzene rings is 1. The maximum absolute atomic E-state index is 12.2. The topological polar surface area (TPSA) is 82.2 Å². The molecule has 2 rings (SSSR count). The highest BCUT2D eigenvalue weighted by Gasteiger charge is 2.40. The molecule has 5 nitrogen and oxygen atoms in total. The molecular weight excluding hydrogens is 325 g/mol. The van der Waals surface area contributed by atoms with Gasteiger partial charge in [0.15, 0.2) is 0 Å². The Morgan fingerprint density at radius 3 is 2.64 bits per heavy atom. The number of hydrogen-bond acceptors (Lipinski definition) is 2. The third-order valence-corrected chi connectivity index (χ3v) is 3.25. The molecule has 1 atom stereocenters. The summed E-state index contributed by atoms with van der Waals surface area (Å²) in [5, 5.41) is 11.5. The smallest absolute Gasteiger partial charge is 0.471 e. The van der Waals surface area contributed by atoms with Gasteiger partial charge in [-0.15, -0.1) is 0 Å². The summed E-state index contributed by atoms with van der Waals surface area (Å²) in [6, 6.07) is 3.10. The van der Waals surface area contributed by atoms with E-state index in [1.807, 2.05) is 0 Å². The molecule has 0 radical (unpaired) electrons. The third-order valence-electron chi connectivity index (χ3n) is 3.01. The van der Waals surface area contributed by atoms with E-state index in [-0.39, 0.29) is 6.42 Å². The summed E-state index contributed by atoms with van der Waals surface area (Å²) in [5.74, 6) is -3.84. The van der Waals surface area contributed by atoms with Crippen molar-refractivity contribution in [1.82, 2.24) is 10.3 Å². The van der Waals surface area contributed by atoms with Crippen LogP contribution in [0.15, 0.2) is 24.4 Å². The van der Waals surface area contributed by atoms with Crippen molar-refractivity contribution in [3.8, 4) is 0 Å². The summed E-state index contributed by atoms with van der Waals surface area (Å²) in [4.78, 5) is 24.8. The minimum Gasteiger partial charge on any atom is -0.480 e. The fourth-order valence-electron chi connectivity index (χ4n) is 1.99. The van der Waals surface area contributed by atoms with Gasteiger partial charge in [-0.3, -0.25) is 4.79 Å². The van der Waals surface area contributed by atoms with E-state index >= 15 is 0 Å². The zero-order chi connectivity index (χ0) is 16.5. The Bertz CT molecular complexity index is 727. The lowest BCUT2D eigenvalue weighted by Gasteiger charge is -2.15. The van der Waals surface area contributed by atoms with Gasteiger partial charge in [0.1, 0.15) is 6.04 Å². The molecule has 0 spiro atoms. The van der Waals surface area contributed by atoms with Crippen LogP contribution in [0.3, 0.4) is 0 Å². The molecule has 0 fully saturated rings. The van der Waals surface area contributed by atoms with Gasteiger partial charge in [-0.1, -0.05) is 17.7 Å². The monoisotopic (exact) mass is 334 g/mol. The fraction of sp³-hybridized carbons (Fsp3) is 0.231. The Kier molecular flexibility index (Phi) is 4.32. The van der Waals surface area contributed by atoms with E-state index in [0.717, 1.165) is 0 Å². The van der Waals surface area contributed by atoms with Crippen molar-refractivity contribution >= 4 is 34.4 Å². The number of nitrogens with one attached hydrogen (secondary N) is 2. The van der Waals surface area contributed by atoms with Crippen molar-refractivity contribution < 1.29 is 27.9 Å². The molecule has 0 saturated carbocycles. The number of rotatable bonds is 4. The summed E-state index contributed by atoms with van der Waals surface area (Å²) in [6.07, 6.45) is -3.96.